The Hall–Kier alpha value is -1.02. The maximum atomic E-state index is 12.9. The van der Waals surface area contributed by atoms with Crippen molar-refractivity contribution in [2.75, 3.05) is 32.7 Å². The number of hydrogen-bond acceptors (Lipinski definition) is 3. The van der Waals surface area contributed by atoms with Crippen LogP contribution < -0.4 is 5.73 Å². The molecule has 154 valence electrons. The molecule has 1 aliphatic heterocycles. The standard InChI is InChI=1S/C17H30F3N3O2.ClH/c1-4-16(5-2,11-21)15(25)23-9-7-8-13(10-23)14(24)22(6-3)12-17(18,19)20;/h13H,4-12,21H2,1-3H3;1H. The van der Waals surface area contributed by atoms with Crippen molar-refractivity contribution in [3.8, 4) is 0 Å². The SMILES string of the molecule is CCN(CC(F)(F)F)C(=O)C1CCCN(C(=O)C(CC)(CC)CN)C1.Cl. The predicted octanol–water partition coefficient (Wildman–Crippen LogP) is 2.82. The Kier molecular flexibility index (Phi) is 9.94. The molecular weight excluding hydrogens is 371 g/mol. The number of piperidine rings is 1. The van der Waals surface area contributed by atoms with Crippen LogP contribution in [0.2, 0.25) is 0 Å². The number of hydrogen-bond donors (Lipinski definition) is 1. The normalized spacial score (nSPS) is 18.3. The average Bonchev–Trinajstić information content (AvgIpc) is 2.60. The summed E-state index contributed by atoms with van der Waals surface area (Å²) in [4.78, 5) is 27.8. The highest BCUT2D eigenvalue weighted by Gasteiger charge is 2.41. The van der Waals surface area contributed by atoms with E-state index in [2.05, 4.69) is 0 Å². The van der Waals surface area contributed by atoms with Gasteiger partial charge in [-0.25, -0.2) is 0 Å². The minimum absolute atomic E-state index is 0. The van der Waals surface area contributed by atoms with Crippen LogP contribution in [0.3, 0.4) is 0 Å². The van der Waals surface area contributed by atoms with Gasteiger partial charge in [-0.1, -0.05) is 13.8 Å². The number of halogens is 4. The third kappa shape index (κ3) is 6.01. The van der Waals surface area contributed by atoms with Gasteiger partial charge < -0.3 is 15.5 Å². The van der Waals surface area contributed by atoms with E-state index in [-0.39, 0.29) is 37.9 Å². The zero-order valence-corrected chi connectivity index (χ0v) is 16.6. The highest BCUT2D eigenvalue weighted by molar-refractivity contribution is 5.85. The first-order valence-corrected chi connectivity index (χ1v) is 8.99. The lowest BCUT2D eigenvalue weighted by Crippen LogP contribution is -2.53. The molecule has 1 atom stereocenters. The van der Waals surface area contributed by atoms with Gasteiger partial charge in [0.05, 0.1) is 11.3 Å². The van der Waals surface area contributed by atoms with Crippen molar-refractivity contribution in [3.05, 3.63) is 0 Å². The first-order valence-electron chi connectivity index (χ1n) is 8.99. The number of rotatable bonds is 7. The van der Waals surface area contributed by atoms with Gasteiger partial charge in [0.1, 0.15) is 6.54 Å². The van der Waals surface area contributed by atoms with Crippen molar-refractivity contribution in [2.24, 2.45) is 17.1 Å². The molecule has 2 amide bonds. The van der Waals surface area contributed by atoms with E-state index in [1.807, 2.05) is 13.8 Å². The molecule has 26 heavy (non-hydrogen) atoms. The van der Waals surface area contributed by atoms with Crippen LogP contribution in [0.1, 0.15) is 46.5 Å². The van der Waals surface area contributed by atoms with Crippen LogP contribution in [0, 0.1) is 11.3 Å². The van der Waals surface area contributed by atoms with Crippen LogP contribution in [0.4, 0.5) is 13.2 Å². The van der Waals surface area contributed by atoms with E-state index >= 15 is 0 Å². The van der Waals surface area contributed by atoms with Crippen molar-refractivity contribution in [2.45, 2.75) is 52.6 Å². The Morgan fingerprint density at radius 2 is 1.77 bits per heavy atom. The summed E-state index contributed by atoms with van der Waals surface area (Å²) >= 11 is 0. The number of amides is 2. The monoisotopic (exact) mass is 401 g/mol. The van der Waals surface area contributed by atoms with Crippen molar-refractivity contribution in [3.63, 3.8) is 0 Å². The van der Waals surface area contributed by atoms with Crippen LogP contribution in [0.25, 0.3) is 0 Å². The van der Waals surface area contributed by atoms with E-state index in [1.165, 1.54) is 6.92 Å². The molecule has 5 nitrogen and oxygen atoms in total. The maximum absolute atomic E-state index is 12.9. The Morgan fingerprint density at radius 1 is 1.19 bits per heavy atom. The predicted molar refractivity (Wildman–Crippen MR) is 96.9 cm³/mol. The lowest BCUT2D eigenvalue weighted by Gasteiger charge is -2.40. The molecule has 0 aromatic carbocycles. The van der Waals surface area contributed by atoms with E-state index in [0.717, 1.165) is 4.90 Å². The van der Waals surface area contributed by atoms with Gasteiger partial charge in [0.2, 0.25) is 11.8 Å². The molecule has 1 heterocycles. The molecule has 1 unspecified atom stereocenters. The maximum Gasteiger partial charge on any atom is 0.406 e. The van der Waals surface area contributed by atoms with E-state index in [4.69, 9.17) is 5.73 Å². The zero-order chi connectivity index (χ0) is 19.3. The minimum Gasteiger partial charge on any atom is -0.341 e. The van der Waals surface area contributed by atoms with Gasteiger partial charge in [-0.2, -0.15) is 13.2 Å². The third-order valence-corrected chi connectivity index (χ3v) is 5.32. The Bertz CT molecular complexity index is 462. The second kappa shape index (κ2) is 10.3. The van der Waals surface area contributed by atoms with Crippen LogP contribution in [0.5, 0.6) is 0 Å². The minimum atomic E-state index is -4.42. The summed E-state index contributed by atoms with van der Waals surface area (Å²) in [5.41, 5.74) is 5.17. The molecule has 0 aromatic heterocycles. The van der Waals surface area contributed by atoms with Gasteiger partial charge in [0.15, 0.2) is 0 Å². The molecular formula is C17H31ClF3N3O2. The molecule has 1 rings (SSSR count). The first-order chi connectivity index (χ1) is 11.6. The first kappa shape index (κ1) is 25.0. The quantitative estimate of drug-likeness (QED) is 0.713. The van der Waals surface area contributed by atoms with Gasteiger partial charge in [0, 0.05) is 26.2 Å². The smallest absolute Gasteiger partial charge is 0.341 e. The van der Waals surface area contributed by atoms with Crippen LogP contribution in [-0.2, 0) is 9.59 Å². The average molecular weight is 402 g/mol. The van der Waals surface area contributed by atoms with E-state index in [1.54, 1.807) is 4.90 Å². The summed E-state index contributed by atoms with van der Waals surface area (Å²) in [6, 6.07) is 0. The van der Waals surface area contributed by atoms with Gasteiger partial charge in [-0.3, -0.25) is 9.59 Å². The second-order valence-electron chi connectivity index (χ2n) is 6.75. The third-order valence-electron chi connectivity index (χ3n) is 5.32. The molecule has 0 saturated carbocycles. The molecule has 2 N–H and O–H groups in total. The number of nitrogens with two attached hydrogens (primary N) is 1. The number of likely N-dealkylation sites (tertiary alicyclic amines) is 1. The zero-order valence-electron chi connectivity index (χ0n) is 15.8. The number of nitrogens with zero attached hydrogens (tertiary/aromatic N) is 2. The fourth-order valence-corrected chi connectivity index (χ4v) is 3.45. The van der Waals surface area contributed by atoms with E-state index in [9.17, 15) is 22.8 Å². The highest BCUT2D eigenvalue weighted by atomic mass is 35.5. The topological polar surface area (TPSA) is 66.6 Å². The summed E-state index contributed by atoms with van der Waals surface area (Å²) < 4.78 is 37.9. The Balaban J connectivity index is 0.00000625. The fraction of sp³-hybridized carbons (Fsp3) is 0.882. The Morgan fingerprint density at radius 3 is 2.19 bits per heavy atom. The van der Waals surface area contributed by atoms with E-state index < -0.39 is 30.0 Å². The van der Waals surface area contributed by atoms with Gasteiger partial charge >= 0.3 is 6.18 Å². The molecule has 1 aliphatic rings. The van der Waals surface area contributed by atoms with Gasteiger partial charge in [-0.05, 0) is 32.6 Å². The summed E-state index contributed by atoms with van der Waals surface area (Å²) in [7, 11) is 0. The van der Waals surface area contributed by atoms with Crippen molar-refractivity contribution < 1.29 is 22.8 Å². The van der Waals surface area contributed by atoms with Crippen molar-refractivity contribution in [1.29, 1.82) is 0 Å². The lowest BCUT2D eigenvalue weighted by molar-refractivity contribution is -0.165. The molecule has 1 saturated heterocycles. The van der Waals surface area contributed by atoms with Crippen molar-refractivity contribution >= 4 is 24.2 Å². The van der Waals surface area contributed by atoms with Crippen LogP contribution in [0.15, 0.2) is 0 Å². The summed E-state index contributed by atoms with van der Waals surface area (Å²) in [6.45, 7) is 5.02. The summed E-state index contributed by atoms with van der Waals surface area (Å²) in [6.07, 6.45) is -2.11. The highest BCUT2D eigenvalue weighted by Crippen LogP contribution is 2.31. The van der Waals surface area contributed by atoms with Crippen LogP contribution in [-0.4, -0.2) is 60.5 Å². The molecule has 0 bridgehead atoms. The van der Waals surface area contributed by atoms with Gasteiger partial charge in [-0.15, -0.1) is 12.4 Å². The van der Waals surface area contributed by atoms with Crippen molar-refractivity contribution in [1.82, 2.24) is 9.80 Å². The molecule has 0 aliphatic carbocycles. The molecule has 0 spiro atoms. The number of alkyl halides is 3. The number of carbonyl (C=O) groups excluding carboxylic acids is 2. The lowest BCUT2D eigenvalue weighted by atomic mass is 9.80. The molecule has 0 aromatic rings. The largest absolute Gasteiger partial charge is 0.406 e. The van der Waals surface area contributed by atoms with Gasteiger partial charge in [0.25, 0.3) is 0 Å². The van der Waals surface area contributed by atoms with E-state index in [0.29, 0.717) is 32.2 Å². The summed E-state index contributed by atoms with van der Waals surface area (Å²) in [5.74, 6) is -1.19. The number of carbonyl (C=O) groups is 2. The molecule has 1 fully saturated rings. The Labute approximate surface area is 159 Å². The fourth-order valence-electron chi connectivity index (χ4n) is 3.45. The summed E-state index contributed by atoms with van der Waals surface area (Å²) in [5, 5.41) is 0. The molecule has 9 heteroatoms. The van der Waals surface area contributed by atoms with Crippen LogP contribution >= 0.6 is 12.4 Å². The second-order valence-corrected chi connectivity index (χ2v) is 6.75. The molecule has 0 radical (unpaired) electrons.